The van der Waals surface area contributed by atoms with E-state index in [-0.39, 0.29) is 0 Å². The molecule has 0 spiro atoms. The highest BCUT2D eigenvalue weighted by atomic mass is 35.5. The standard InChI is InChI=1S/C24H29ClN6O2S2/c1-14-18(31-35(32)13-16-5-6-16)7-8-20(21(14)25)33-23-22(34-15(2)28-23)19-9-11-27-24(30-19)29-17-4-3-10-26-12-17/h7-9,11,16-17,26,31H,3-6,10,12-13H2,1-2H3,(H,27,29,30). The van der Waals surface area contributed by atoms with Gasteiger partial charge in [-0.05, 0) is 75.8 Å². The zero-order chi connectivity index (χ0) is 24.4. The van der Waals surface area contributed by atoms with E-state index in [4.69, 9.17) is 21.3 Å². The highest BCUT2D eigenvalue weighted by Crippen LogP contribution is 2.41. The van der Waals surface area contributed by atoms with Gasteiger partial charge in [0.05, 0.1) is 21.4 Å². The van der Waals surface area contributed by atoms with Crippen LogP contribution in [0.5, 0.6) is 11.6 Å². The smallest absolute Gasteiger partial charge is 0.240 e. The second kappa shape index (κ2) is 10.8. The fraction of sp³-hybridized carbons (Fsp3) is 0.458. The number of thiazole rings is 1. The minimum Gasteiger partial charge on any atom is -0.436 e. The van der Waals surface area contributed by atoms with Crippen molar-refractivity contribution in [1.29, 1.82) is 0 Å². The molecule has 35 heavy (non-hydrogen) atoms. The molecule has 8 nitrogen and oxygen atoms in total. The van der Waals surface area contributed by atoms with E-state index in [1.54, 1.807) is 12.3 Å². The topological polar surface area (TPSA) is 101 Å². The SMILES string of the molecule is Cc1nc(Oc2ccc(NS(=O)CC3CC3)c(C)c2Cl)c(-c2ccnc(NC3CCCNC3)n2)s1. The first-order chi connectivity index (χ1) is 17.0. The molecular formula is C24H29ClN6O2S2. The minimum absolute atomic E-state index is 0.311. The van der Waals surface area contributed by atoms with Crippen molar-refractivity contribution in [3.05, 3.63) is 40.0 Å². The van der Waals surface area contributed by atoms with E-state index in [9.17, 15) is 4.21 Å². The van der Waals surface area contributed by atoms with E-state index in [1.807, 2.05) is 26.0 Å². The third-order valence-corrected chi connectivity index (χ3v) is 8.75. The van der Waals surface area contributed by atoms with Crippen LogP contribution in [-0.2, 0) is 11.0 Å². The first-order valence-electron chi connectivity index (χ1n) is 11.9. The Morgan fingerprint density at radius 2 is 2.09 bits per heavy atom. The molecule has 0 radical (unpaired) electrons. The van der Waals surface area contributed by atoms with Crippen LogP contribution in [0.3, 0.4) is 0 Å². The van der Waals surface area contributed by atoms with Gasteiger partial charge in [0, 0.05) is 24.5 Å². The van der Waals surface area contributed by atoms with Crippen molar-refractivity contribution < 1.29 is 8.95 Å². The first kappa shape index (κ1) is 24.4. The lowest BCUT2D eigenvalue weighted by Gasteiger charge is -2.23. The van der Waals surface area contributed by atoms with Crippen LogP contribution in [0.1, 0.15) is 36.3 Å². The number of rotatable bonds is 9. The van der Waals surface area contributed by atoms with Crippen molar-refractivity contribution in [2.45, 2.75) is 45.6 Å². The largest absolute Gasteiger partial charge is 0.436 e. The molecule has 0 bridgehead atoms. The molecular weight excluding hydrogens is 504 g/mol. The Labute approximate surface area is 216 Å². The number of benzene rings is 1. The molecule has 1 aromatic carbocycles. The zero-order valence-electron chi connectivity index (χ0n) is 19.8. The maximum absolute atomic E-state index is 12.4. The summed E-state index contributed by atoms with van der Waals surface area (Å²) in [6, 6.07) is 5.81. The molecule has 2 aliphatic rings. The van der Waals surface area contributed by atoms with Crippen LogP contribution in [-0.4, -0.2) is 44.0 Å². The lowest BCUT2D eigenvalue weighted by atomic mass is 10.1. The van der Waals surface area contributed by atoms with Gasteiger partial charge >= 0.3 is 0 Å². The van der Waals surface area contributed by atoms with Crippen LogP contribution in [0.25, 0.3) is 10.6 Å². The number of aromatic nitrogens is 3. The summed E-state index contributed by atoms with van der Waals surface area (Å²) in [4.78, 5) is 14.5. The van der Waals surface area contributed by atoms with Gasteiger partial charge in [-0.15, -0.1) is 11.3 Å². The number of hydrogen-bond donors (Lipinski definition) is 3. The van der Waals surface area contributed by atoms with Crippen molar-refractivity contribution in [1.82, 2.24) is 20.3 Å². The zero-order valence-corrected chi connectivity index (χ0v) is 22.2. The maximum atomic E-state index is 12.4. The van der Waals surface area contributed by atoms with Gasteiger partial charge < -0.3 is 20.1 Å². The lowest BCUT2D eigenvalue weighted by Crippen LogP contribution is -2.38. The number of piperidine rings is 1. The molecule has 1 saturated carbocycles. The summed E-state index contributed by atoms with van der Waals surface area (Å²) in [7, 11) is -1.12. The van der Waals surface area contributed by atoms with E-state index in [1.165, 1.54) is 11.3 Å². The van der Waals surface area contributed by atoms with Crippen LogP contribution in [0.2, 0.25) is 5.02 Å². The van der Waals surface area contributed by atoms with Crippen LogP contribution in [0, 0.1) is 19.8 Å². The molecule has 3 aromatic rings. The van der Waals surface area contributed by atoms with Gasteiger partial charge in [0.15, 0.2) is 0 Å². The Hall–Kier alpha value is -2.27. The Morgan fingerprint density at radius 3 is 2.86 bits per heavy atom. The number of ether oxygens (including phenoxy) is 1. The summed E-state index contributed by atoms with van der Waals surface area (Å²) in [6.07, 6.45) is 6.30. The average Bonchev–Trinajstić information content (AvgIpc) is 3.58. The number of anilines is 2. The van der Waals surface area contributed by atoms with Gasteiger partial charge in [-0.3, -0.25) is 0 Å². The second-order valence-electron chi connectivity index (χ2n) is 9.03. The van der Waals surface area contributed by atoms with E-state index in [0.717, 1.165) is 65.6 Å². The van der Waals surface area contributed by atoms with Gasteiger partial charge in [-0.2, -0.15) is 0 Å². The molecule has 2 atom stereocenters. The Kier molecular flexibility index (Phi) is 7.52. The molecule has 186 valence electrons. The molecule has 2 aromatic heterocycles. The maximum Gasteiger partial charge on any atom is 0.240 e. The average molecular weight is 533 g/mol. The van der Waals surface area contributed by atoms with E-state index in [0.29, 0.717) is 40.3 Å². The van der Waals surface area contributed by atoms with Crippen LogP contribution < -0.4 is 20.1 Å². The Balaban J connectivity index is 1.34. The Bertz CT molecular complexity index is 1230. The van der Waals surface area contributed by atoms with Crippen LogP contribution in [0.15, 0.2) is 24.4 Å². The number of halogens is 1. The number of nitrogens with one attached hydrogen (secondary N) is 3. The van der Waals surface area contributed by atoms with Crippen LogP contribution in [0.4, 0.5) is 11.6 Å². The van der Waals surface area contributed by atoms with Gasteiger partial charge in [0.2, 0.25) is 11.8 Å². The predicted molar refractivity (Wildman–Crippen MR) is 143 cm³/mol. The van der Waals surface area contributed by atoms with Gasteiger partial charge in [-0.25, -0.2) is 19.2 Å². The van der Waals surface area contributed by atoms with Crippen molar-refractivity contribution in [2.75, 3.05) is 28.9 Å². The van der Waals surface area contributed by atoms with Gasteiger partial charge in [0.25, 0.3) is 0 Å². The summed E-state index contributed by atoms with van der Waals surface area (Å²) in [5, 5.41) is 8.15. The molecule has 3 heterocycles. The fourth-order valence-corrected chi connectivity index (χ4v) is 6.30. The highest BCUT2D eigenvalue weighted by Gasteiger charge is 2.24. The third kappa shape index (κ3) is 6.11. The summed E-state index contributed by atoms with van der Waals surface area (Å²) < 4.78 is 21.6. The summed E-state index contributed by atoms with van der Waals surface area (Å²) in [6.45, 7) is 5.78. The van der Waals surface area contributed by atoms with E-state index >= 15 is 0 Å². The van der Waals surface area contributed by atoms with Crippen molar-refractivity contribution in [2.24, 2.45) is 5.92 Å². The number of aryl methyl sites for hydroxylation is 1. The lowest BCUT2D eigenvalue weighted by molar-refractivity contribution is 0.467. The normalized spacial score (nSPS) is 18.8. The van der Waals surface area contributed by atoms with Crippen molar-refractivity contribution >= 4 is 45.6 Å². The highest BCUT2D eigenvalue weighted by molar-refractivity contribution is 7.86. The van der Waals surface area contributed by atoms with E-state index < -0.39 is 11.0 Å². The van der Waals surface area contributed by atoms with Crippen LogP contribution >= 0.6 is 22.9 Å². The van der Waals surface area contributed by atoms with Gasteiger partial charge in [-0.1, -0.05) is 11.6 Å². The van der Waals surface area contributed by atoms with E-state index in [2.05, 4.69) is 25.3 Å². The van der Waals surface area contributed by atoms with Crippen molar-refractivity contribution in [3.8, 4) is 22.2 Å². The first-order valence-corrected chi connectivity index (χ1v) is 14.4. The Morgan fingerprint density at radius 1 is 1.23 bits per heavy atom. The molecule has 0 amide bonds. The molecule has 1 aliphatic carbocycles. The van der Waals surface area contributed by atoms with Crippen molar-refractivity contribution in [3.63, 3.8) is 0 Å². The summed E-state index contributed by atoms with van der Waals surface area (Å²) in [5.41, 5.74) is 2.28. The second-order valence-corrected chi connectivity index (χ2v) is 11.8. The quantitative estimate of drug-likeness (QED) is 0.343. The fourth-order valence-electron chi connectivity index (χ4n) is 3.97. The van der Waals surface area contributed by atoms with Gasteiger partial charge in [0.1, 0.15) is 21.6 Å². The monoisotopic (exact) mass is 532 g/mol. The molecule has 3 N–H and O–H groups in total. The molecule has 1 saturated heterocycles. The third-order valence-electron chi connectivity index (χ3n) is 6.09. The molecule has 2 unspecified atom stereocenters. The minimum atomic E-state index is -1.12. The number of hydrogen-bond acceptors (Lipinski definition) is 8. The molecule has 1 aliphatic heterocycles. The molecule has 2 fully saturated rings. The number of nitrogens with zero attached hydrogens (tertiary/aromatic N) is 3. The molecule has 11 heteroatoms. The summed E-state index contributed by atoms with van der Waals surface area (Å²) >= 11 is 8.17. The predicted octanol–water partition coefficient (Wildman–Crippen LogP) is 5.31. The summed E-state index contributed by atoms with van der Waals surface area (Å²) in [5.74, 6) is 2.79. The molecule has 5 rings (SSSR count).